The number of likely N-dealkylation sites (N-methyl/N-ethyl adjacent to an activating group) is 1. The molecule has 3 aromatic rings. The van der Waals surface area contributed by atoms with Crippen LogP contribution in [-0.2, 0) is 0 Å². The second kappa shape index (κ2) is 9.61. The van der Waals surface area contributed by atoms with Crippen LogP contribution >= 0.6 is 34.5 Å². The highest BCUT2D eigenvalue weighted by molar-refractivity contribution is 7.22. The SMILES string of the molecule is CCN(CC)CCN(C(=O)c1cc(Cl)cc(Cl)c1)c1nc2cc3c(cc2s1)OCCO3. The van der Waals surface area contributed by atoms with Crippen LogP contribution in [-0.4, -0.2) is 55.2 Å². The van der Waals surface area contributed by atoms with Gasteiger partial charge >= 0.3 is 0 Å². The Balaban J connectivity index is 1.71. The van der Waals surface area contributed by atoms with Crippen molar-refractivity contribution in [3.05, 3.63) is 45.9 Å². The van der Waals surface area contributed by atoms with Crippen molar-refractivity contribution in [1.29, 1.82) is 0 Å². The van der Waals surface area contributed by atoms with Gasteiger partial charge in [0.15, 0.2) is 16.6 Å². The fourth-order valence-corrected chi connectivity index (χ4v) is 4.99. The maximum absolute atomic E-state index is 13.5. The number of benzene rings is 2. The van der Waals surface area contributed by atoms with Crippen LogP contribution in [0.25, 0.3) is 10.2 Å². The highest BCUT2D eigenvalue weighted by Crippen LogP contribution is 2.39. The molecule has 0 fully saturated rings. The molecule has 0 N–H and O–H groups in total. The van der Waals surface area contributed by atoms with Crippen molar-refractivity contribution in [2.45, 2.75) is 13.8 Å². The number of rotatable bonds is 7. The Hall–Kier alpha value is -2.06. The Bertz CT molecular complexity index is 1040. The van der Waals surface area contributed by atoms with E-state index in [1.54, 1.807) is 23.1 Å². The molecule has 0 unspecified atom stereocenters. The van der Waals surface area contributed by atoms with E-state index in [0.29, 0.717) is 52.0 Å². The molecule has 1 aliphatic heterocycles. The molecule has 2 aromatic carbocycles. The minimum atomic E-state index is -0.187. The van der Waals surface area contributed by atoms with Crippen molar-refractivity contribution in [1.82, 2.24) is 9.88 Å². The zero-order valence-corrected chi connectivity index (χ0v) is 19.7. The first kappa shape index (κ1) is 22.1. The summed E-state index contributed by atoms with van der Waals surface area (Å²) in [5.74, 6) is 1.20. The lowest BCUT2D eigenvalue weighted by molar-refractivity contribution is 0.0984. The first-order valence-electron chi connectivity index (χ1n) is 10.2. The number of carbonyl (C=O) groups is 1. The van der Waals surface area contributed by atoms with Crippen LogP contribution in [0.5, 0.6) is 11.5 Å². The molecule has 0 radical (unpaired) electrons. The van der Waals surface area contributed by atoms with E-state index >= 15 is 0 Å². The van der Waals surface area contributed by atoms with E-state index in [0.717, 1.165) is 29.9 Å². The number of carbonyl (C=O) groups excluding carboxylic acids is 1. The largest absolute Gasteiger partial charge is 0.486 e. The number of ether oxygens (including phenoxy) is 2. The first-order chi connectivity index (χ1) is 15.0. The number of nitrogens with zero attached hydrogens (tertiary/aromatic N) is 3. The van der Waals surface area contributed by atoms with Gasteiger partial charge in [0, 0.05) is 40.8 Å². The average molecular weight is 480 g/mol. The third kappa shape index (κ3) is 4.90. The number of hydrogen-bond acceptors (Lipinski definition) is 6. The molecule has 0 saturated heterocycles. The monoisotopic (exact) mass is 479 g/mol. The van der Waals surface area contributed by atoms with E-state index in [2.05, 4.69) is 18.7 Å². The predicted octanol–water partition coefficient (Wildman–Crippen LogP) is 5.36. The van der Waals surface area contributed by atoms with E-state index in [9.17, 15) is 4.79 Å². The third-order valence-electron chi connectivity index (χ3n) is 5.16. The maximum atomic E-state index is 13.5. The Morgan fingerprint density at radius 2 is 1.65 bits per heavy atom. The van der Waals surface area contributed by atoms with Gasteiger partial charge in [0.25, 0.3) is 5.91 Å². The summed E-state index contributed by atoms with van der Waals surface area (Å²) in [6.07, 6.45) is 0. The number of amides is 1. The molecule has 1 amide bonds. The lowest BCUT2D eigenvalue weighted by Gasteiger charge is -2.24. The second-order valence-corrected chi connectivity index (χ2v) is 8.98. The highest BCUT2D eigenvalue weighted by Gasteiger charge is 2.24. The van der Waals surface area contributed by atoms with E-state index in [4.69, 9.17) is 37.7 Å². The summed E-state index contributed by atoms with van der Waals surface area (Å²) in [6.45, 7) is 8.28. The molecule has 6 nitrogen and oxygen atoms in total. The van der Waals surface area contributed by atoms with Crippen LogP contribution < -0.4 is 14.4 Å². The Morgan fingerprint density at radius 3 is 2.29 bits per heavy atom. The van der Waals surface area contributed by atoms with E-state index in [1.807, 2.05) is 12.1 Å². The lowest BCUT2D eigenvalue weighted by Crippen LogP contribution is -2.38. The zero-order valence-electron chi connectivity index (χ0n) is 17.4. The summed E-state index contributed by atoms with van der Waals surface area (Å²) >= 11 is 13.8. The van der Waals surface area contributed by atoms with Crippen molar-refractivity contribution in [3.8, 4) is 11.5 Å². The van der Waals surface area contributed by atoms with Crippen molar-refractivity contribution in [3.63, 3.8) is 0 Å². The van der Waals surface area contributed by atoms with Gasteiger partial charge in [0.2, 0.25) is 0 Å². The minimum absolute atomic E-state index is 0.187. The lowest BCUT2D eigenvalue weighted by atomic mass is 10.2. The minimum Gasteiger partial charge on any atom is -0.486 e. The zero-order chi connectivity index (χ0) is 22.0. The number of hydrogen-bond donors (Lipinski definition) is 0. The second-order valence-electron chi connectivity index (χ2n) is 7.10. The normalized spacial score (nSPS) is 13.1. The molecular formula is C22H23Cl2N3O3S. The molecule has 4 rings (SSSR count). The Kier molecular flexibility index (Phi) is 6.86. The molecule has 0 spiro atoms. The fraction of sp³-hybridized carbons (Fsp3) is 0.364. The van der Waals surface area contributed by atoms with Crippen molar-refractivity contribution >= 4 is 55.8 Å². The average Bonchev–Trinajstić information content (AvgIpc) is 3.16. The van der Waals surface area contributed by atoms with Crippen LogP contribution in [0.2, 0.25) is 10.0 Å². The summed E-state index contributed by atoms with van der Waals surface area (Å²) in [5, 5.41) is 1.46. The molecule has 0 aliphatic carbocycles. The van der Waals surface area contributed by atoms with Crippen LogP contribution in [0, 0.1) is 0 Å². The number of fused-ring (bicyclic) bond motifs is 2. The molecule has 0 saturated carbocycles. The molecule has 31 heavy (non-hydrogen) atoms. The summed E-state index contributed by atoms with van der Waals surface area (Å²) < 4.78 is 12.3. The van der Waals surface area contributed by atoms with Crippen molar-refractivity contribution < 1.29 is 14.3 Å². The molecule has 0 atom stereocenters. The van der Waals surface area contributed by atoms with Crippen LogP contribution in [0.1, 0.15) is 24.2 Å². The molecule has 9 heteroatoms. The standard InChI is InChI=1S/C22H23Cl2N3O3S/c1-3-26(4-2)5-6-27(21(28)14-9-15(23)11-16(24)10-14)22-25-17-12-18-19(13-20(17)31-22)30-8-7-29-18/h9-13H,3-8H2,1-2H3. The van der Waals surface area contributed by atoms with Gasteiger partial charge in [-0.1, -0.05) is 48.4 Å². The Labute approximate surface area is 195 Å². The predicted molar refractivity (Wildman–Crippen MR) is 127 cm³/mol. The van der Waals surface area contributed by atoms with Crippen LogP contribution in [0.4, 0.5) is 5.13 Å². The summed E-state index contributed by atoms with van der Waals surface area (Å²) in [5.41, 5.74) is 1.20. The molecular weight excluding hydrogens is 457 g/mol. The van der Waals surface area contributed by atoms with Gasteiger partial charge in [0.1, 0.15) is 13.2 Å². The first-order valence-corrected chi connectivity index (χ1v) is 11.8. The summed E-state index contributed by atoms with van der Waals surface area (Å²) in [6, 6.07) is 8.67. The van der Waals surface area contributed by atoms with E-state index in [1.165, 1.54) is 11.3 Å². The quantitative estimate of drug-likeness (QED) is 0.456. The molecule has 0 bridgehead atoms. The third-order valence-corrected chi connectivity index (χ3v) is 6.64. The van der Waals surface area contributed by atoms with Gasteiger partial charge in [-0.25, -0.2) is 4.98 Å². The summed E-state index contributed by atoms with van der Waals surface area (Å²) in [7, 11) is 0. The van der Waals surface area contributed by atoms with Crippen molar-refractivity contribution in [2.75, 3.05) is 44.3 Å². The van der Waals surface area contributed by atoms with Crippen molar-refractivity contribution in [2.24, 2.45) is 0 Å². The van der Waals surface area contributed by atoms with Gasteiger partial charge in [-0.15, -0.1) is 0 Å². The smallest absolute Gasteiger partial charge is 0.260 e. The van der Waals surface area contributed by atoms with Gasteiger partial charge in [-0.2, -0.15) is 0 Å². The summed E-state index contributed by atoms with van der Waals surface area (Å²) in [4.78, 5) is 22.2. The molecule has 1 aromatic heterocycles. The highest BCUT2D eigenvalue weighted by atomic mass is 35.5. The number of halogens is 2. The van der Waals surface area contributed by atoms with Gasteiger partial charge < -0.3 is 14.4 Å². The van der Waals surface area contributed by atoms with Crippen LogP contribution in [0.15, 0.2) is 30.3 Å². The topological polar surface area (TPSA) is 54.9 Å². The molecule has 164 valence electrons. The molecule has 1 aliphatic rings. The maximum Gasteiger partial charge on any atom is 0.260 e. The van der Waals surface area contributed by atoms with E-state index < -0.39 is 0 Å². The van der Waals surface area contributed by atoms with Gasteiger partial charge in [-0.3, -0.25) is 9.69 Å². The fourth-order valence-electron chi connectivity index (χ4n) is 3.47. The number of thiazole rings is 1. The number of aromatic nitrogens is 1. The Morgan fingerprint density at radius 1 is 1.00 bits per heavy atom. The van der Waals surface area contributed by atoms with E-state index in [-0.39, 0.29) is 5.91 Å². The molecule has 2 heterocycles. The van der Waals surface area contributed by atoms with Gasteiger partial charge in [-0.05, 0) is 31.3 Å². The van der Waals surface area contributed by atoms with Gasteiger partial charge in [0.05, 0.1) is 10.2 Å². The number of anilines is 1. The van der Waals surface area contributed by atoms with Crippen LogP contribution in [0.3, 0.4) is 0 Å².